The van der Waals surface area contributed by atoms with Crippen LogP contribution in [0.5, 0.6) is 11.5 Å². The maximum absolute atomic E-state index is 12.6. The van der Waals surface area contributed by atoms with E-state index in [1.54, 1.807) is 43.8 Å². The van der Waals surface area contributed by atoms with E-state index in [2.05, 4.69) is 16.3 Å². The van der Waals surface area contributed by atoms with Crippen molar-refractivity contribution in [1.29, 1.82) is 0 Å². The number of likely N-dealkylation sites (N-methyl/N-ethyl adjacent to an activating group) is 1. The van der Waals surface area contributed by atoms with Crippen LogP contribution in [0.3, 0.4) is 0 Å². The Morgan fingerprint density at radius 1 is 1.17 bits per heavy atom. The van der Waals surface area contributed by atoms with Crippen LogP contribution < -0.4 is 14.8 Å². The maximum atomic E-state index is 12.6. The van der Waals surface area contributed by atoms with Crippen LogP contribution in [0.25, 0.3) is 0 Å². The monoisotopic (exact) mass is 334 g/mol. The number of nitrogens with one attached hydrogen (secondary N) is 1. The summed E-state index contributed by atoms with van der Waals surface area (Å²) in [5.74, 6) is 0.793. The second-order valence-electron chi connectivity index (χ2n) is 5.24. The van der Waals surface area contributed by atoms with E-state index in [1.165, 1.54) is 4.88 Å². The third kappa shape index (κ3) is 4.03. The maximum Gasteiger partial charge on any atom is 0.258 e. The molecule has 1 atom stereocenters. The van der Waals surface area contributed by atoms with E-state index >= 15 is 0 Å². The minimum atomic E-state index is -0.206. The first kappa shape index (κ1) is 17.3. The molecule has 5 nitrogen and oxygen atoms in total. The smallest absolute Gasteiger partial charge is 0.258 e. The quantitative estimate of drug-likeness (QED) is 0.846. The van der Waals surface area contributed by atoms with E-state index in [1.807, 2.05) is 25.5 Å². The largest absolute Gasteiger partial charge is 0.496 e. The van der Waals surface area contributed by atoms with Gasteiger partial charge in [0.25, 0.3) is 5.91 Å². The highest BCUT2D eigenvalue weighted by Crippen LogP contribution is 2.28. The Bertz CT molecular complexity index is 619. The molecular formula is C17H22N2O3S. The number of carbonyl (C=O) groups is 1. The molecule has 0 radical (unpaired) electrons. The molecule has 6 heteroatoms. The summed E-state index contributed by atoms with van der Waals surface area (Å²) in [6.07, 6.45) is 0. The van der Waals surface area contributed by atoms with Gasteiger partial charge in [-0.15, -0.1) is 11.3 Å². The summed E-state index contributed by atoms with van der Waals surface area (Å²) in [4.78, 5) is 15.9. The third-order valence-corrected chi connectivity index (χ3v) is 4.58. The van der Waals surface area contributed by atoms with Crippen molar-refractivity contribution in [3.8, 4) is 11.5 Å². The highest BCUT2D eigenvalue weighted by atomic mass is 32.1. The molecular weight excluding hydrogens is 312 g/mol. The Kier molecular flexibility index (Phi) is 6.01. The fourth-order valence-corrected chi connectivity index (χ4v) is 3.29. The Morgan fingerprint density at radius 3 is 2.30 bits per heavy atom. The van der Waals surface area contributed by atoms with E-state index in [-0.39, 0.29) is 11.9 Å². The number of nitrogens with zero attached hydrogens (tertiary/aromatic N) is 1. The number of hydrogen-bond acceptors (Lipinski definition) is 5. The third-order valence-electron chi connectivity index (χ3n) is 3.61. The van der Waals surface area contributed by atoms with Crippen molar-refractivity contribution in [2.45, 2.75) is 6.04 Å². The summed E-state index contributed by atoms with van der Waals surface area (Å²) >= 11 is 1.68. The van der Waals surface area contributed by atoms with Crippen molar-refractivity contribution in [2.75, 3.05) is 34.9 Å². The molecule has 1 amide bonds. The number of benzene rings is 1. The first-order chi connectivity index (χ1) is 11.1. The zero-order chi connectivity index (χ0) is 16.8. The summed E-state index contributed by atoms with van der Waals surface area (Å²) < 4.78 is 10.6. The zero-order valence-electron chi connectivity index (χ0n) is 13.8. The van der Waals surface area contributed by atoms with Crippen molar-refractivity contribution in [2.24, 2.45) is 0 Å². The Balaban J connectivity index is 2.16. The number of carbonyl (C=O) groups excluding carboxylic acids is 1. The fourth-order valence-electron chi connectivity index (χ4n) is 2.37. The van der Waals surface area contributed by atoms with Gasteiger partial charge in [-0.1, -0.05) is 12.1 Å². The van der Waals surface area contributed by atoms with Gasteiger partial charge < -0.3 is 19.7 Å². The molecule has 1 N–H and O–H groups in total. The van der Waals surface area contributed by atoms with Gasteiger partial charge in [-0.3, -0.25) is 4.79 Å². The lowest BCUT2D eigenvalue weighted by Crippen LogP contribution is -2.34. The molecule has 124 valence electrons. The van der Waals surface area contributed by atoms with Crippen LogP contribution in [0, 0.1) is 0 Å². The van der Waals surface area contributed by atoms with Crippen LogP contribution in [0.4, 0.5) is 0 Å². The second-order valence-corrected chi connectivity index (χ2v) is 6.22. The summed E-state index contributed by atoms with van der Waals surface area (Å²) in [6, 6.07) is 9.51. The van der Waals surface area contributed by atoms with Gasteiger partial charge in [-0.2, -0.15) is 0 Å². The van der Waals surface area contributed by atoms with Crippen LogP contribution >= 0.6 is 11.3 Å². The van der Waals surface area contributed by atoms with Crippen molar-refractivity contribution < 1.29 is 14.3 Å². The summed E-state index contributed by atoms with van der Waals surface area (Å²) in [7, 11) is 7.08. The molecule has 0 spiro atoms. The van der Waals surface area contributed by atoms with Gasteiger partial charge in [0.1, 0.15) is 17.1 Å². The standard InChI is InChI=1S/C17H22N2O3S/c1-19(2)12(15-9-6-10-23-15)11-18-17(20)16-13(21-3)7-5-8-14(16)22-4/h5-10,12H,11H2,1-4H3,(H,18,20)/t12-/m1/s1. The Morgan fingerprint density at radius 2 is 1.83 bits per heavy atom. The van der Waals surface area contributed by atoms with E-state index in [4.69, 9.17) is 9.47 Å². The molecule has 0 unspecified atom stereocenters. The Hall–Kier alpha value is -2.05. The van der Waals surface area contributed by atoms with Crippen LogP contribution in [-0.2, 0) is 0 Å². The van der Waals surface area contributed by atoms with Crippen LogP contribution in [0.2, 0.25) is 0 Å². The van der Waals surface area contributed by atoms with E-state index in [9.17, 15) is 4.79 Å². The minimum Gasteiger partial charge on any atom is -0.496 e. The molecule has 2 aromatic rings. The van der Waals surface area contributed by atoms with E-state index in [0.29, 0.717) is 23.6 Å². The zero-order valence-corrected chi connectivity index (χ0v) is 14.6. The Labute approximate surface area is 140 Å². The van der Waals surface area contributed by atoms with Crippen LogP contribution in [-0.4, -0.2) is 45.7 Å². The van der Waals surface area contributed by atoms with Gasteiger partial charge in [0, 0.05) is 11.4 Å². The SMILES string of the molecule is COc1cccc(OC)c1C(=O)NC[C@H](c1cccs1)N(C)C. The first-order valence-electron chi connectivity index (χ1n) is 7.27. The molecule has 1 aromatic heterocycles. The molecule has 0 saturated carbocycles. The van der Waals surface area contributed by atoms with Gasteiger partial charge >= 0.3 is 0 Å². The lowest BCUT2D eigenvalue weighted by Gasteiger charge is -2.24. The normalized spacial score (nSPS) is 12.0. The van der Waals surface area contributed by atoms with Crippen molar-refractivity contribution in [1.82, 2.24) is 10.2 Å². The first-order valence-corrected chi connectivity index (χ1v) is 8.15. The average Bonchev–Trinajstić information content (AvgIpc) is 3.07. The number of rotatable bonds is 7. The number of ether oxygens (including phenoxy) is 2. The fraction of sp³-hybridized carbons (Fsp3) is 0.353. The van der Waals surface area contributed by atoms with E-state index < -0.39 is 0 Å². The van der Waals surface area contributed by atoms with Crippen molar-refractivity contribution in [3.05, 3.63) is 46.2 Å². The molecule has 0 fully saturated rings. The molecule has 23 heavy (non-hydrogen) atoms. The molecule has 0 aliphatic heterocycles. The molecule has 1 aromatic carbocycles. The van der Waals surface area contributed by atoms with E-state index in [0.717, 1.165) is 0 Å². The predicted molar refractivity (Wildman–Crippen MR) is 92.6 cm³/mol. The number of thiophene rings is 1. The molecule has 0 aliphatic carbocycles. The van der Waals surface area contributed by atoms with Crippen LogP contribution in [0.15, 0.2) is 35.7 Å². The number of methoxy groups -OCH3 is 2. The molecule has 1 heterocycles. The van der Waals surface area contributed by atoms with Gasteiger partial charge in [0.15, 0.2) is 0 Å². The summed E-state index contributed by atoms with van der Waals surface area (Å²) in [5, 5.41) is 5.02. The van der Waals surface area contributed by atoms with Gasteiger partial charge in [0.05, 0.1) is 20.3 Å². The van der Waals surface area contributed by atoms with Gasteiger partial charge in [-0.05, 0) is 37.7 Å². The lowest BCUT2D eigenvalue weighted by molar-refractivity contribution is 0.0936. The summed E-state index contributed by atoms with van der Waals surface area (Å²) in [6.45, 7) is 0.507. The second kappa shape index (κ2) is 7.99. The van der Waals surface area contributed by atoms with Crippen molar-refractivity contribution >= 4 is 17.2 Å². The molecule has 2 rings (SSSR count). The highest BCUT2D eigenvalue weighted by molar-refractivity contribution is 7.10. The molecule has 0 saturated heterocycles. The highest BCUT2D eigenvalue weighted by Gasteiger charge is 2.21. The molecule has 0 aliphatic rings. The number of hydrogen-bond donors (Lipinski definition) is 1. The van der Waals surface area contributed by atoms with Gasteiger partial charge in [-0.25, -0.2) is 0 Å². The van der Waals surface area contributed by atoms with Crippen LogP contribution in [0.1, 0.15) is 21.3 Å². The lowest BCUT2D eigenvalue weighted by atomic mass is 10.1. The number of amides is 1. The predicted octanol–water partition coefficient (Wildman–Crippen LogP) is 2.80. The average molecular weight is 334 g/mol. The van der Waals surface area contributed by atoms with Gasteiger partial charge in [0.2, 0.25) is 0 Å². The van der Waals surface area contributed by atoms with Crippen molar-refractivity contribution in [3.63, 3.8) is 0 Å². The topological polar surface area (TPSA) is 50.8 Å². The minimum absolute atomic E-state index is 0.125. The summed E-state index contributed by atoms with van der Waals surface area (Å²) in [5.41, 5.74) is 0.418. The molecule has 0 bridgehead atoms.